The Bertz CT molecular complexity index is 815. The van der Waals surface area contributed by atoms with E-state index >= 15 is 0 Å². The lowest BCUT2D eigenvalue weighted by atomic mass is 10.1. The summed E-state index contributed by atoms with van der Waals surface area (Å²) in [5, 5.41) is 0. The van der Waals surface area contributed by atoms with Gasteiger partial charge in [-0.05, 0) is 31.5 Å². The molecule has 0 spiro atoms. The number of aryl methyl sites for hydroxylation is 1. The molecule has 0 saturated heterocycles. The molecule has 0 bridgehead atoms. The topological polar surface area (TPSA) is 51.0 Å². The van der Waals surface area contributed by atoms with E-state index in [-0.39, 0.29) is 11.9 Å². The second-order valence-corrected chi connectivity index (χ2v) is 6.19. The lowest BCUT2D eigenvalue weighted by molar-refractivity contribution is -0.135. The quantitative estimate of drug-likeness (QED) is 0.694. The minimum Gasteiger partial charge on any atom is -0.331 e. The van der Waals surface area contributed by atoms with Crippen LogP contribution >= 0.6 is 0 Å². The molecular formula is C20H22N4O. The molecule has 2 heterocycles. The Balaban J connectivity index is 1.84. The van der Waals surface area contributed by atoms with E-state index < -0.39 is 0 Å². The molecule has 0 fully saturated rings. The summed E-state index contributed by atoms with van der Waals surface area (Å²) in [5.74, 6) is 0.0464. The van der Waals surface area contributed by atoms with Gasteiger partial charge >= 0.3 is 0 Å². The van der Waals surface area contributed by atoms with Crippen LogP contribution in [0.3, 0.4) is 0 Å². The Morgan fingerprint density at radius 1 is 1.16 bits per heavy atom. The van der Waals surface area contributed by atoms with Gasteiger partial charge in [0.1, 0.15) is 6.04 Å². The van der Waals surface area contributed by atoms with Gasteiger partial charge in [0.05, 0.1) is 18.6 Å². The van der Waals surface area contributed by atoms with Crippen LogP contribution in [0.2, 0.25) is 0 Å². The van der Waals surface area contributed by atoms with E-state index in [1.54, 1.807) is 18.7 Å². The molecule has 25 heavy (non-hydrogen) atoms. The molecule has 0 radical (unpaired) electrons. The summed E-state index contributed by atoms with van der Waals surface area (Å²) in [6.07, 6.45) is 6.93. The molecule has 3 rings (SSSR count). The fraction of sp³-hybridized carbons (Fsp3) is 0.250. The maximum absolute atomic E-state index is 13.1. The first-order valence-electron chi connectivity index (χ1n) is 8.35. The van der Waals surface area contributed by atoms with E-state index in [1.165, 1.54) is 5.56 Å². The molecule has 128 valence electrons. The second kappa shape index (κ2) is 7.75. The van der Waals surface area contributed by atoms with Crippen LogP contribution in [-0.4, -0.2) is 25.3 Å². The monoisotopic (exact) mass is 334 g/mol. The normalized spacial score (nSPS) is 11.9. The molecule has 1 aromatic carbocycles. The van der Waals surface area contributed by atoms with Crippen molar-refractivity contribution < 1.29 is 4.79 Å². The molecule has 0 N–H and O–H groups in total. The second-order valence-electron chi connectivity index (χ2n) is 6.19. The zero-order chi connectivity index (χ0) is 17.6. The van der Waals surface area contributed by atoms with Gasteiger partial charge in [0.25, 0.3) is 0 Å². The van der Waals surface area contributed by atoms with Gasteiger partial charge in [0, 0.05) is 25.1 Å². The third kappa shape index (κ3) is 4.32. The van der Waals surface area contributed by atoms with Crippen LogP contribution in [-0.2, 0) is 17.9 Å². The van der Waals surface area contributed by atoms with Gasteiger partial charge in [0.15, 0.2) is 0 Å². The molecule has 0 saturated carbocycles. The Morgan fingerprint density at radius 2 is 2.04 bits per heavy atom. The van der Waals surface area contributed by atoms with E-state index in [0.717, 1.165) is 11.3 Å². The number of rotatable bonds is 6. The molecule has 1 unspecified atom stereocenters. The lowest BCUT2D eigenvalue weighted by Gasteiger charge is -2.26. The van der Waals surface area contributed by atoms with Crippen molar-refractivity contribution in [1.29, 1.82) is 0 Å². The molecular weight excluding hydrogens is 312 g/mol. The number of imidazole rings is 1. The summed E-state index contributed by atoms with van der Waals surface area (Å²) >= 11 is 0. The standard InChI is InChI=1S/C20H22N4O/c1-16-6-5-7-18(12-16)13-24(14-19-8-3-4-9-22-19)20(25)17(2)23-11-10-21-15-23/h3-12,15,17H,13-14H2,1-2H3. The zero-order valence-electron chi connectivity index (χ0n) is 14.5. The van der Waals surface area contributed by atoms with Crippen LogP contribution in [0.1, 0.15) is 29.8 Å². The lowest BCUT2D eigenvalue weighted by Crippen LogP contribution is -2.35. The highest BCUT2D eigenvalue weighted by Gasteiger charge is 2.22. The summed E-state index contributed by atoms with van der Waals surface area (Å²) in [6, 6.07) is 13.7. The summed E-state index contributed by atoms with van der Waals surface area (Å²) < 4.78 is 1.82. The first kappa shape index (κ1) is 16.9. The number of nitrogens with zero attached hydrogens (tertiary/aromatic N) is 4. The molecule has 0 aliphatic rings. The summed E-state index contributed by atoms with van der Waals surface area (Å²) in [5.41, 5.74) is 3.17. The number of hydrogen-bond donors (Lipinski definition) is 0. The Kier molecular flexibility index (Phi) is 5.23. The number of carbonyl (C=O) groups excluding carboxylic acids is 1. The average molecular weight is 334 g/mol. The third-order valence-electron chi connectivity index (χ3n) is 4.18. The minimum atomic E-state index is -0.309. The summed E-state index contributed by atoms with van der Waals surface area (Å²) in [6.45, 7) is 4.98. The minimum absolute atomic E-state index is 0.0464. The van der Waals surface area contributed by atoms with Gasteiger partial charge in [-0.3, -0.25) is 9.78 Å². The smallest absolute Gasteiger partial charge is 0.246 e. The van der Waals surface area contributed by atoms with Gasteiger partial charge in [-0.2, -0.15) is 0 Å². The van der Waals surface area contributed by atoms with Crippen LogP contribution in [0.5, 0.6) is 0 Å². The molecule has 3 aromatic rings. The third-order valence-corrected chi connectivity index (χ3v) is 4.18. The first-order valence-corrected chi connectivity index (χ1v) is 8.35. The molecule has 0 aliphatic heterocycles. The van der Waals surface area contributed by atoms with E-state index in [9.17, 15) is 4.79 Å². The summed E-state index contributed by atoms with van der Waals surface area (Å²) in [4.78, 5) is 23.3. The van der Waals surface area contributed by atoms with E-state index in [1.807, 2.05) is 52.9 Å². The van der Waals surface area contributed by atoms with Crippen molar-refractivity contribution >= 4 is 5.91 Å². The highest BCUT2D eigenvalue weighted by atomic mass is 16.2. The van der Waals surface area contributed by atoms with Gasteiger partial charge in [-0.1, -0.05) is 35.9 Å². The zero-order valence-corrected chi connectivity index (χ0v) is 14.5. The molecule has 0 aliphatic carbocycles. The number of pyridine rings is 1. The first-order chi connectivity index (χ1) is 12.1. The van der Waals surface area contributed by atoms with Gasteiger partial charge < -0.3 is 9.47 Å². The van der Waals surface area contributed by atoms with Gasteiger partial charge in [-0.15, -0.1) is 0 Å². The highest BCUT2D eigenvalue weighted by molar-refractivity contribution is 5.80. The van der Waals surface area contributed by atoms with E-state index in [4.69, 9.17) is 0 Å². The Hall–Kier alpha value is -2.95. The number of benzene rings is 1. The maximum Gasteiger partial charge on any atom is 0.246 e. The van der Waals surface area contributed by atoms with Crippen molar-refractivity contribution in [2.45, 2.75) is 33.0 Å². The van der Waals surface area contributed by atoms with Crippen LogP contribution in [0.25, 0.3) is 0 Å². The van der Waals surface area contributed by atoms with Crippen molar-refractivity contribution in [2.75, 3.05) is 0 Å². The number of carbonyl (C=O) groups is 1. The molecule has 5 nitrogen and oxygen atoms in total. The average Bonchev–Trinajstić information content (AvgIpc) is 3.15. The van der Waals surface area contributed by atoms with Crippen molar-refractivity contribution in [2.24, 2.45) is 0 Å². The van der Waals surface area contributed by atoms with E-state index in [2.05, 4.69) is 29.0 Å². The molecule has 1 atom stereocenters. The van der Waals surface area contributed by atoms with Crippen molar-refractivity contribution in [1.82, 2.24) is 19.4 Å². The predicted octanol–water partition coefficient (Wildman–Crippen LogP) is 3.38. The van der Waals surface area contributed by atoms with E-state index in [0.29, 0.717) is 13.1 Å². The van der Waals surface area contributed by atoms with Crippen LogP contribution in [0, 0.1) is 6.92 Å². The van der Waals surface area contributed by atoms with Crippen LogP contribution in [0.15, 0.2) is 67.4 Å². The predicted molar refractivity (Wildman–Crippen MR) is 96.6 cm³/mol. The van der Waals surface area contributed by atoms with Gasteiger partial charge in [-0.25, -0.2) is 4.98 Å². The number of amides is 1. The van der Waals surface area contributed by atoms with Crippen molar-refractivity contribution in [3.63, 3.8) is 0 Å². The fourth-order valence-electron chi connectivity index (χ4n) is 2.82. The van der Waals surface area contributed by atoms with Crippen molar-refractivity contribution in [3.05, 3.63) is 84.2 Å². The molecule has 2 aromatic heterocycles. The van der Waals surface area contributed by atoms with Crippen molar-refractivity contribution in [3.8, 4) is 0 Å². The molecule has 1 amide bonds. The maximum atomic E-state index is 13.1. The van der Waals surface area contributed by atoms with Crippen LogP contribution < -0.4 is 0 Å². The Labute approximate surface area is 148 Å². The summed E-state index contributed by atoms with van der Waals surface area (Å²) in [7, 11) is 0. The van der Waals surface area contributed by atoms with Gasteiger partial charge in [0.2, 0.25) is 5.91 Å². The molecule has 5 heteroatoms. The fourth-order valence-corrected chi connectivity index (χ4v) is 2.82. The largest absolute Gasteiger partial charge is 0.331 e. The SMILES string of the molecule is Cc1cccc(CN(Cc2ccccn2)C(=O)C(C)n2ccnc2)c1. The highest BCUT2D eigenvalue weighted by Crippen LogP contribution is 2.16. The number of hydrogen-bond acceptors (Lipinski definition) is 3. The number of aromatic nitrogens is 3. The van der Waals surface area contributed by atoms with Crippen LogP contribution in [0.4, 0.5) is 0 Å². The Morgan fingerprint density at radius 3 is 2.72 bits per heavy atom.